The highest BCUT2D eigenvalue weighted by atomic mass is 16.2. The van der Waals surface area contributed by atoms with Gasteiger partial charge in [-0.25, -0.2) is 0 Å². The van der Waals surface area contributed by atoms with Gasteiger partial charge in [0.2, 0.25) is 0 Å². The highest BCUT2D eigenvalue weighted by molar-refractivity contribution is 6.09. The number of aromatic nitrogens is 1. The second-order valence-electron chi connectivity index (χ2n) is 8.82. The second-order valence-corrected chi connectivity index (χ2v) is 8.82. The average molecular weight is 443 g/mol. The first-order chi connectivity index (χ1) is 16.2. The Morgan fingerprint density at radius 1 is 0.727 bits per heavy atom. The van der Waals surface area contributed by atoms with E-state index in [0.29, 0.717) is 37.3 Å². The zero-order valence-corrected chi connectivity index (χ0v) is 18.9. The van der Waals surface area contributed by atoms with Gasteiger partial charge < -0.3 is 14.4 Å². The minimum absolute atomic E-state index is 0.0430. The summed E-state index contributed by atoms with van der Waals surface area (Å²) in [4.78, 5) is 32.9. The molecule has 0 radical (unpaired) electrons. The number of anilines is 1. The highest BCUT2D eigenvalue weighted by Gasteiger charge is 2.30. The normalized spacial score (nSPS) is 17.2. The van der Waals surface area contributed by atoms with E-state index in [4.69, 9.17) is 0 Å². The summed E-state index contributed by atoms with van der Waals surface area (Å²) in [5.74, 6) is 0.0164. The Labute approximate surface area is 195 Å². The largest absolute Gasteiger partial charge is 0.369 e. The maximum atomic E-state index is 13.5. The molecule has 1 fully saturated rings. The number of fused-ring (bicyclic) bond motifs is 1. The van der Waals surface area contributed by atoms with E-state index in [-0.39, 0.29) is 11.7 Å². The average Bonchev–Trinajstić information content (AvgIpc) is 3.25. The lowest BCUT2D eigenvalue weighted by molar-refractivity contribution is 0.0735. The SMILES string of the molecule is O=C1CCN(Cc2ccccc2)C(=O)c2c1ccn2CCN1CCN(c2ccccc2)CC1. The molecule has 0 aliphatic carbocycles. The Balaban J connectivity index is 1.25. The van der Waals surface area contributed by atoms with E-state index in [2.05, 4.69) is 34.1 Å². The summed E-state index contributed by atoms with van der Waals surface area (Å²) in [6, 6.07) is 22.3. The first-order valence-corrected chi connectivity index (χ1v) is 11.8. The van der Waals surface area contributed by atoms with Gasteiger partial charge in [0.25, 0.3) is 5.91 Å². The van der Waals surface area contributed by atoms with Crippen molar-refractivity contribution in [2.75, 3.05) is 44.2 Å². The Morgan fingerprint density at radius 3 is 2.15 bits per heavy atom. The molecule has 1 aromatic heterocycles. The van der Waals surface area contributed by atoms with Crippen LogP contribution in [0.4, 0.5) is 5.69 Å². The van der Waals surface area contributed by atoms with Crippen molar-refractivity contribution in [1.82, 2.24) is 14.4 Å². The molecule has 0 spiro atoms. The smallest absolute Gasteiger partial charge is 0.271 e. The fourth-order valence-electron chi connectivity index (χ4n) is 4.82. The van der Waals surface area contributed by atoms with Gasteiger partial charge in [0.1, 0.15) is 5.69 Å². The Hall–Kier alpha value is -3.38. The van der Waals surface area contributed by atoms with E-state index in [9.17, 15) is 9.59 Å². The molecule has 2 aromatic carbocycles. The van der Waals surface area contributed by atoms with Crippen LogP contribution < -0.4 is 4.90 Å². The number of carbonyl (C=O) groups excluding carboxylic acids is 2. The summed E-state index contributed by atoms with van der Waals surface area (Å²) in [6.07, 6.45) is 2.28. The van der Waals surface area contributed by atoms with Crippen LogP contribution in [0.5, 0.6) is 0 Å². The minimum atomic E-state index is -0.0430. The molecule has 33 heavy (non-hydrogen) atoms. The molecule has 2 aliphatic heterocycles. The van der Waals surface area contributed by atoms with Crippen LogP contribution >= 0.6 is 0 Å². The minimum Gasteiger partial charge on any atom is -0.369 e. The van der Waals surface area contributed by atoms with Crippen LogP contribution in [0, 0.1) is 0 Å². The molecule has 3 heterocycles. The lowest BCUT2D eigenvalue weighted by Gasteiger charge is -2.36. The van der Waals surface area contributed by atoms with Crippen LogP contribution in [0.2, 0.25) is 0 Å². The molecule has 1 amide bonds. The molecule has 5 rings (SSSR count). The molecule has 170 valence electrons. The fourth-order valence-corrected chi connectivity index (χ4v) is 4.82. The number of Topliss-reactive ketones (excluding diaryl/α,β-unsaturated/α-hetero) is 1. The molecular formula is C27H30N4O2. The Kier molecular flexibility index (Phi) is 6.26. The molecule has 0 N–H and O–H groups in total. The number of benzene rings is 2. The quantitative estimate of drug-likeness (QED) is 0.586. The third-order valence-electron chi connectivity index (χ3n) is 6.73. The third-order valence-corrected chi connectivity index (χ3v) is 6.73. The predicted octanol–water partition coefficient (Wildman–Crippen LogP) is 3.54. The number of amides is 1. The molecule has 0 unspecified atom stereocenters. The standard InChI is InChI=1S/C27H30N4O2/c32-25-12-14-31(21-22-7-3-1-4-8-22)27(33)26-24(25)11-13-30(26)20-17-28-15-18-29(19-16-28)23-9-5-2-6-10-23/h1-11,13H,12,14-21H2. The topological polar surface area (TPSA) is 48.8 Å². The monoisotopic (exact) mass is 442 g/mol. The molecule has 2 aliphatic rings. The van der Waals surface area contributed by atoms with Gasteiger partial charge >= 0.3 is 0 Å². The molecule has 1 saturated heterocycles. The summed E-state index contributed by atoms with van der Waals surface area (Å²) in [5, 5.41) is 0. The summed E-state index contributed by atoms with van der Waals surface area (Å²) in [5.41, 5.74) is 3.48. The molecule has 0 atom stereocenters. The highest BCUT2D eigenvalue weighted by Crippen LogP contribution is 2.22. The number of para-hydroxylation sites is 1. The number of piperazine rings is 1. The number of rotatable bonds is 6. The van der Waals surface area contributed by atoms with Gasteiger partial charge in [0, 0.05) is 76.2 Å². The Bertz CT molecular complexity index is 1100. The maximum absolute atomic E-state index is 13.5. The van der Waals surface area contributed by atoms with E-state index in [1.54, 1.807) is 0 Å². The van der Waals surface area contributed by atoms with Crippen LogP contribution in [0.1, 0.15) is 32.8 Å². The van der Waals surface area contributed by atoms with Crippen LogP contribution in [-0.2, 0) is 13.1 Å². The zero-order chi connectivity index (χ0) is 22.6. The van der Waals surface area contributed by atoms with Gasteiger partial charge in [-0.05, 0) is 23.8 Å². The molecule has 0 bridgehead atoms. The van der Waals surface area contributed by atoms with Gasteiger partial charge in [-0.2, -0.15) is 0 Å². The van der Waals surface area contributed by atoms with E-state index in [1.807, 2.05) is 58.1 Å². The number of hydrogen-bond acceptors (Lipinski definition) is 4. The predicted molar refractivity (Wildman–Crippen MR) is 130 cm³/mol. The van der Waals surface area contributed by atoms with E-state index < -0.39 is 0 Å². The van der Waals surface area contributed by atoms with Crippen LogP contribution in [0.25, 0.3) is 0 Å². The van der Waals surface area contributed by atoms with Gasteiger partial charge in [-0.3, -0.25) is 14.5 Å². The lowest BCUT2D eigenvalue weighted by Crippen LogP contribution is -2.47. The van der Waals surface area contributed by atoms with Crippen LogP contribution in [0.3, 0.4) is 0 Å². The lowest BCUT2D eigenvalue weighted by atomic mass is 10.1. The molecular weight excluding hydrogens is 412 g/mol. The van der Waals surface area contributed by atoms with Crippen molar-refractivity contribution >= 4 is 17.4 Å². The van der Waals surface area contributed by atoms with E-state index in [0.717, 1.165) is 38.3 Å². The molecule has 6 nitrogen and oxygen atoms in total. The number of ketones is 1. The van der Waals surface area contributed by atoms with Gasteiger partial charge in [-0.1, -0.05) is 48.5 Å². The Morgan fingerprint density at radius 2 is 1.42 bits per heavy atom. The van der Waals surface area contributed by atoms with Crippen molar-refractivity contribution in [3.05, 3.63) is 89.7 Å². The maximum Gasteiger partial charge on any atom is 0.271 e. The summed E-state index contributed by atoms with van der Waals surface area (Å²) in [6.45, 7) is 6.54. The van der Waals surface area contributed by atoms with Crippen molar-refractivity contribution in [1.29, 1.82) is 0 Å². The van der Waals surface area contributed by atoms with Gasteiger partial charge in [0.05, 0.1) is 0 Å². The van der Waals surface area contributed by atoms with Crippen molar-refractivity contribution < 1.29 is 9.59 Å². The second kappa shape index (κ2) is 9.63. The van der Waals surface area contributed by atoms with Crippen LogP contribution in [0.15, 0.2) is 72.9 Å². The van der Waals surface area contributed by atoms with Crippen molar-refractivity contribution in [2.24, 2.45) is 0 Å². The van der Waals surface area contributed by atoms with Gasteiger partial charge in [0.15, 0.2) is 5.78 Å². The first-order valence-electron chi connectivity index (χ1n) is 11.8. The molecule has 3 aromatic rings. The molecule has 0 saturated carbocycles. The van der Waals surface area contributed by atoms with Crippen molar-refractivity contribution in [2.45, 2.75) is 19.5 Å². The third kappa shape index (κ3) is 4.71. The van der Waals surface area contributed by atoms with Gasteiger partial charge in [-0.15, -0.1) is 0 Å². The van der Waals surface area contributed by atoms with Crippen molar-refractivity contribution in [3.8, 4) is 0 Å². The first kappa shape index (κ1) is 21.5. The van der Waals surface area contributed by atoms with Crippen LogP contribution in [-0.4, -0.2) is 65.3 Å². The number of nitrogens with zero attached hydrogens (tertiary/aromatic N) is 4. The van der Waals surface area contributed by atoms with E-state index in [1.165, 1.54) is 5.69 Å². The summed E-state index contributed by atoms with van der Waals surface area (Å²) in [7, 11) is 0. The summed E-state index contributed by atoms with van der Waals surface area (Å²) >= 11 is 0. The van der Waals surface area contributed by atoms with Crippen molar-refractivity contribution in [3.63, 3.8) is 0 Å². The molecule has 6 heteroatoms. The number of carbonyl (C=O) groups is 2. The summed E-state index contributed by atoms with van der Waals surface area (Å²) < 4.78 is 1.99. The zero-order valence-electron chi connectivity index (χ0n) is 18.9. The fraction of sp³-hybridized carbons (Fsp3) is 0.333. The number of hydrogen-bond donors (Lipinski definition) is 0. The van der Waals surface area contributed by atoms with E-state index >= 15 is 0 Å².